The van der Waals surface area contributed by atoms with Crippen LogP contribution >= 0.6 is 24.0 Å². The monoisotopic (exact) mass is 513 g/mol. The number of carbonyl (C=O) groups excluding carboxylic acids is 2. The number of ether oxygens (including phenoxy) is 1. The molecule has 4 N–H and O–H groups in total. The molecule has 28 heavy (non-hydrogen) atoms. The van der Waals surface area contributed by atoms with Crippen LogP contribution in [0, 0.1) is 0 Å². The van der Waals surface area contributed by atoms with E-state index in [4.69, 9.17) is 4.74 Å². The maximum atomic E-state index is 11.9. The Labute approximate surface area is 187 Å². The van der Waals surface area contributed by atoms with Gasteiger partial charge in [0, 0.05) is 25.7 Å². The van der Waals surface area contributed by atoms with E-state index in [1.54, 1.807) is 0 Å². The van der Waals surface area contributed by atoms with E-state index in [1.807, 2.05) is 34.6 Å². The number of rotatable bonds is 11. The molecule has 0 aliphatic carbocycles. The van der Waals surface area contributed by atoms with Gasteiger partial charge < -0.3 is 26.0 Å². The number of alkyl carbamates (subject to hydrolysis) is 1. The molecule has 0 heterocycles. The highest BCUT2D eigenvalue weighted by molar-refractivity contribution is 14.0. The number of halogens is 1. The third kappa shape index (κ3) is 16.9. The summed E-state index contributed by atoms with van der Waals surface area (Å²) >= 11 is 0. The molecule has 2 amide bonds. The number of unbranched alkanes of at least 4 members (excludes halogenated alkanes) is 1. The van der Waals surface area contributed by atoms with Crippen LogP contribution in [0.5, 0.6) is 0 Å². The van der Waals surface area contributed by atoms with E-state index >= 15 is 0 Å². The molecule has 1 atom stereocenters. The number of nitrogens with one attached hydrogen (secondary N) is 4. The van der Waals surface area contributed by atoms with Gasteiger partial charge >= 0.3 is 6.09 Å². The van der Waals surface area contributed by atoms with Crippen LogP contribution in [0.1, 0.15) is 67.2 Å². The predicted octanol–water partition coefficient (Wildman–Crippen LogP) is 2.77. The molecule has 1 unspecified atom stereocenters. The molecule has 9 heteroatoms. The molecule has 0 saturated carbocycles. The SMILES string of the molecule is CCCCC(CNC(=O)OC(C)(C)C)NC(=NCC(=O)NCCC)NCC.I. The van der Waals surface area contributed by atoms with Crippen molar-refractivity contribution in [1.82, 2.24) is 21.3 Å². The molecule has 0 saturated heterocycles. The normalized spacial score (nSPS) is 12.4. The minimum atomic E-state index is -0.529. The van der Waals surface area contributed by atoms with Crippen molar-refractivity contribution in [1.29, 1.82) is 0 Å². The standard InChI is InChI=1S/C19H39N5O3.HI/c1-7-10-11-15(13-23-18(26)27-19(4,5)6)24-17(20-9-3)22-14-16(25)21-12-8-2;/h15H,7-14H2,1-6H3,(H,21,25)(H,23,26)(H2,20,22,24);1H. The molecule has 0 aromatic heterocycles. The highest BCUT2D eigenvalue weighted by Gasteiger charge is 2.18. The molecule has 0 aromatic carbocycles. The van der Waals surface area contributed by atoms with Crippen molar-refractivity contribution in [3.8, 4) is 0 Å². The molecule has 0 aromatic rings. The van der Waals surface area contributed by atoms with Crippen molar-refractivity contribution >= 4 is 41.9 Å². The molecule has 0 fully saturated rings. The zero-order chi connectivity index (χ0) is 20.7. The highest BCUT2D eigenvalue weighted by Crippen LogP contribution is 2.07. The number of guanidine groups is 1. The quantitative estimate of drug-likeness (QED) is 0.193. The molecule has 0 spiro atoms. The summed E-state index contributed by atoms with van der Waals surface area (Å²) in [7, 11) is 0. The van der Waals surface area contributed by atoms with Crippen LogP contribution < -0.4 is 21.3 Å². The zero-order valence-corrected chi connectivity index (χ0v) is 20.6. The Morgan fingerprint density at radius 1 is 1.04 bits per heavy atom. The Morgan fingerprint density at radius 2 is 1.71 bits per heavy atom. The van der Waals surface area contributed by atoms with Gasteiger partial charge in [0.25, 0.3) is 0 Å². The van der Waals surface area contributed by atoms with E-state index in [1.165, 1.54) is 0 Å². The first-order chi connectivity index (χ1) is 12.7. The van der Waals surface area contributed by atoms with Crippen LogP contribution in [0.4, 0.5) is 4.79 Å². The Kier molecular flexibility index (Phi) is 17.2. The summed E-state index contributed by atoms with van der Waals surface area (Å²) in [5.74, 6) is 0.460. The first kappa shape index (κ1) is 28.9. The van der Waals surface area contributed by atoms with Gasteiger partial charge in [-0.3, -0.25) is 4.79 Å². The Hall–Kier alpha value is -1.26. The molecule has 0 bridgehead atoms. The predicted molar refractivity (Wildman–Crippen MR) is 125 cm³/mol. The average molecular weight is 513 g/mol. The fraction of sp³-hybridized carbons (Fsp3) is 0.842. The third-order valence-electron chi connectivity index (χ3n) is 3.44. The number of amides is 2. The van der Waals surface area contributed by atoms with Gasteiger partial charge in [0.2, 0.25) is 5.91 Å². The Bertz CT molecular complexity index is 467. The van der Waals surface area contributed by atoms with E-state index in [0.717, 1.165) is 25.7 Å². The van der Waals surface area contributed by atoms with Crippen molar-refractivity contribution in [2.24, 2.45) is 4.99 Å². The lowest BCUT2D eigenvalue weighted by atomic mass is 10.1. The summed E-state index contributed by atoms with van der Waals surface area (Å²) in [6, 6.07) is -0.00558. The molecule has 0 aliphatic rings. The van der Waals surface area contributed by atoms with Crippen LogP contribution in [-0.2, 0) is 9.53 Å². The van der Waals surface area contributed by atoms with E-state index < -0.39 is 11.7 Å². The van der Waals surface area contributed by atoms with Crippen molar-refractivity contribution < 1.29 is 14.3 Å². The first-order valence-electron chi connectivity index (χ1n) is 10.00. The maximum Gasteiger partial charge on any atom is 0.407 e. The van der Waals surface area contributed by atoms with Crippen LogP contribution in [0.25, 0.3) is 0 Å². The number of nitrogens with zero attached hydrogens (tertiary/aromatic N) is 1. The van der Waals surface area contributed by atoms with Gasteiger partial charge in [0.1, 0.15) is 12.1 Å². The summed E-state index contributed by atoms with van der Waals surface area (Å²) in [5, 5.41) is 12.1. The second-order valence-electron chi connectivity index (χ2n) is 7.41. The Morgan fingerprint density at radius 3 is 2.25 bits per heavy atom. The van der Waals surface area contributed by atoms with Crippen molar-refractivity contribution in [3.05, 3.63) is 0 Å². The van der Waals surface area contributed by atoms with Crippen LogP contribution in [-0.4, -0.2) is 55.8 Å². The lowest BCUT2D eigenvalue weighted by Gasteiger charge is -2.24. The lowest BCUT2D eigenvalue weighted by Crippen LogP contribution is -2.49. The second kappa shape index (κ2) is 16.7. The minimum absolute atomic E-state index is 0. The number of hydrogen-bond donors (Lipinski definition) is 4. The highest BCUT2D eigenvalue weighted by atomic mass is 127. The third-order valence-corrected chi connectivity index (χ3v) is 3.44. The summed E-state index contributed by atoms with van der Waals surface area (Å²) in [6.45, 7) is 13.4. The molecule has 0 rings (SSSR count). The Balaban J connectivity index is 0. The molecular formula is C19H40IN5O3. The molecular weight excluding hydrogens is 473 g/mol. The maximum absolute atomic E-state index is 11.9. The minimum Gasteiger partial charge on any atom is -0.444 e. The largest absolute Gasteiger partial charge is 0.444 e. The first-order valence-corrected chi connectivity index (χ1v) is 10.00. The summed E-state index contributed by atoms with van der Waals surface area (Å²) < 4.78 is 5.28. The number of aliphatic imine (C=N–C) groups is 1. The topological polar surface area (TPSA) is 104 Å². The van der Waals surface area contributed by atoms with Gasteiger partial charge in [-0.1, -0.05) is 26.7 Å². The molecule has 0 aliphatic heterocycles. The zero-order valence-electron chi connectivity index (χ0n) is 18.3. The van der Waals surface area contributed by atoms with E-state index in [9.17, 15) is 9.59 Å². The van der Waals surface area contributed by atoms with E-state index in [2.05, 4.69) is 33.2 Å². The second-order valence-corrected chi connectivity index (χ2v) is 7.41. The van der Waals surface area contributed by atoms with E-state index in [0.29, 0.717) is 25.6 Å². The van der Waals surface area contributed by atoms with Gasteiger partial charge in [0.05, 0.1) is 0 Å². The summed E-state index contributed by atoms with van der Waals surface area (Å²) in [6.07, 6.45) is 3.40. The van der Waals surface area contributed by atoms with Gasteiger partial charge in [-0.2, -0.15) is 0 Å². The number of carbonyl (C=O) groups is 2. The lowest BCUT2D eigenvalue weighted by molar-refractivity contribution is -0.119. The summed E-state index contributed by atoms with van der Waals surface area (Å²) in [5.41, 5.74) is -0.529. The van der Waals surface area contributed by atoms with Crippen LogP contribution in [0.15, 0.2) is 4.99 Å². The van der Waals surface area contributed by atoms with Gasteiger partial charge in [-0.05, 0) is 40.5 Å². The van der Waals surface area contributed by atoms with Crippen LogP contribution in [0.3, 0.4) is 0 Å². The fourth-order valence-electron chi connectivity index (χ4n) is 2.18. The summed E-state index contributed by atoms with van der Waals surface area (Å²) in [4.78, 5) is 28.0. The van der Waals surface area contributed by atoms with Crippen molar-refractivity contribution in [2.45, 2.75) is 78.9 Å². The smallest absolute Gasteiger partial charge is 0.407 e. The average Bonchev–Trinajstić information content (AvgIpc) is 2.58. The fourth-order valence-corrected chi connectivity index (χ4v) is 2.18. The van der Waals surface area contributed by atoms with E-state index in [-0.39, 0.29) is 42.5 Å². The van der Waals surface area contributed by atoms with Gasteiger partial charge in [-0.15, -0.1) is 24.0 Å². The molecule has 0 radical (unpaired) electrons. The molecule has 166 valence electrons. The van der Waals surface area contributed by atoms with Crippen molar-refractivity contribution in [3.63, 3.8) is 0 Å². The van der Waals surface area contributed by atoms with Crippen molar-refractivity contribution in [2.75, 3.05) is 26.2 Å². The number of hydrogen-bond acceptors (Lipinski definition) is 4. The van der Waals surface area contributed by atoms with Gasteiger partial charge in [0.15, 0.2) is 5.96 Å². The van der Waals surface area contributed by atoms with Crippen LogP contribution in [0.2, 0.25) is 0 Å². The molecule has 8 nitrogen and oxygen atoms in total. The van der Waals surface area contributed by atoms with Gasteiger partial charge in [-0.25, -0.2) is 9.79 Å².